The number of rotatable bonds is 7. The van der Waals surface area contributed by atoms with E-state index in [0.717, 1.165) is 29.0 Å². The van der Waals surface area contributed by atoms with Gasteiger partial charge in [-0.2, -0.15) is 0 Å². The van der Waals surface area contributed by atoms with Crippen molar-refractivity contribution in [1.29, 1.82) is 0 Å². The van der Waals surface area contributed by atoms with Crippen molar-refractivity contribution in [2.45, 2.75) is 33.1 Å². The van der Waals surface area contributed by atoms with Crippen molar-refractivity contribution in [1.82, 2.24) is 5.32 Å². The SMILES string of the molecule is CCCC(CCO)CNC(=O)c1ccc(C)s1. The quantitative estimate of drug-likeness (QED) is 0.786. The molecular weight excluding hydrogens is 234 g/mol. The minimum absolute atomic E-state index is 0.00198. The highest BCUT2D eigenvalue weighted by molar-refractivity contribution is 7.13. The molecule has 0 aliphatic carbocycles. The number of aliphatic hydroxyl groups excluding tert-OH is 1. The predicted octanol–water partition coefficient (Wildman–Crippen LogP) is 2.59. The Kier molecular flexibility index (Phi) is 6.22. The van der Waals surface area contributed by atoms with Crippen LogP contribution in [0.15, 0.2) is 12.1 Å². The van der Waals surface area contributed by atoms with Gasteiger partial charge in [-0.25, -0.2) is 0 Å². The monoisotopic (exact) mass is 255 g/mol. The van der Waals surface area contributed by atoms with Crippen LogP contribution in [0, 0.1) is 12.8 Å². The van der Waals surface area contributed by atoms with Crippen LogP contribution in [0.25, 0.3) is 0 Å². The Bertz CT molecular complexity index is 343. The molecular formula is C13H21NO2S. The Morgan fingerprint density at radius 1 is 1.47 bits per heavy atom. The van der Waals surface area contributed by atoms with Gasteiger partial charge in [0.15, 0.2) is 0 Å². The average Bonchev–Trinajstić information content (AvgIpc) is 2.73. The third-order valence-corrected chi connectivity index (χ3v) is 3.75. The molecule has 0 aliphatic heterocycles. The summed E-state index contributed by atoms with van der Waals surface area (Å²) in [4.78, 5) is 13.7. The molecule has 1 aromatic heterocycles. The van der Waals surface area contributed by atoms with Crippen LogP contribution in [0.3, 0.4) is 0 Å². The summed E-state index contributed by atoms with van der Waals surface area (Å²) in [5.41, 5.74) is 0. The molecule has 0 aliphatic rings. The van der Waals surface area contributed by atoms with Crippen molar-refractivity contribution < 1.29 is 9.90 Å². The first-order valence-corrected chi connectivity index (χ1v) is 6.94. The van der Waals surface area contributed by atoms with E-state index in [9.17, 15) is 4.79 Å². The number of aliphatic hydroxyl groups is 1. The summed E-state index contributed by atoms with van der Waals surface area (Å²) >= 11 is 1.51. The highest BCUT2D eigenvalue weighted by Gasteiger charge is 2.11. The number of carbonyl (C=O) groups is 1. The number of thiophene rings is 1. The fraction of sp³-hybridized carbons (Fsp3) is 0.615. The molecule has 1 amide bonds. The molecule has 96 valence electrons. The fourth-order valence-corrected chi connectivity index (χ4v) is 2.60. The number of amides is 1. The van der Waals surface area contributed by atoms with Gasteiger partial charge in [0.2, 0.25) is 0 Å². The summed E-state index contributed by atoms with van der Waals surface area (Å²) in [7, 11) is 0. The molecule has 1 heterocycles. The van der Waals surface area contributed by atoms with Gasteiger partial charge < -0.3 is 10.4 Å². The number of hydrogen-bond acceptors (Lipinski definition) is 3. The maximum Gasteiger partial charge on any atom is 0.261 e. The Balaban J connectivity index is 2.40. The molecule has 0 saturated carbocycles. The summed E-state index contributed by atoms with van der Waals surface area (Å²) in [6, 6.07) is 3.81. The van der Waals surface area contributed by atoms with Gasteiger partial charge in [0.1, 0.15) is 0 Å². The predicted molar refractivity (Wildman–Crippen MR) is 71.5 cm³/mol. The van der Waals surface area contributed by atoms with Gasteiger partial charge in [-0.3, -0.25) is 4.79 Å². The Morgan fingerprint density at radius 2 is 2.24 bits per heavy atom. The number of hydrogen-bond donors (Lipinski definition) is 2. The van der Waals surface area contributed by atoms with E-state index >= 15 is 0 Å². The summed E-state index contributed by atoms with van der Waals surface area (Å²) < 4.78 is 0. The van der Waals surface area contributed by atoms with Crippen molar-refractivity contribution in [3.63, 3.8) is 0 Å². The van der Waals surface area contributed by atoms with Gasteiger partial charge in [0.25, 0.3) is 5.91 Å². The maximum atomic E-state index is 11.8. The number of aryl methyl sites for hydroxylation is 1. The lowest BCUT2D eigenvalue weighted by Crippen LogP contribution is -2.29. The molecule has 4 heteroatoms. The van der Waals surface area contributed by atoms with Crippen molar-refractivity contribution in [2.24, 2.45) is 5.92 Å². The molecule has 17 heavy (non-hydrogen) atoms. The topological polar surface area (TPSA) is 49.3 Å². The van der Waals surface area contributed by atoms with E-state index in [1.54, 1.807) is 0 Å². The first-order chi connectivity index (χ1) is 8.17. The zero-order valence-electron chi connectivity index (χ0n) is 10.5. The van der Waals surface area contributed by atoms with Crippen LogP contribution in [0.1, 0.15) is 40.7 Å². The zero-order chi connectivity index (χ0) is 12.7. The average molecular weight is 255 g/mol. The van der Waals surface area contributed by atoms with Gasteiger partial charge in [-0.1, -0.05) is 13.3 Å². The maximum absolute atomic E-state index is 11.8. The van der Waals surface area contributed by atoms with Crippen molar-refractivity contribution in [3.05, 3.63) is 21.9 Å². The summed E-state index contributed by atoms with van der Waals surface area (Å²) in [6.07, 6.45) is 2.89. The third-order valence-electron chi connectivity index (χ3n) is 2.75. The van der Waals surface area contributed by atoms with Crippen molar-refractivity contribution in [2.75, 3.05) is 13.2 Å². The second-order valence-corrected chi connectivity index (χ2v) is 5.58. The first-order valence-electron chi connectivity index (χ1n) is 6.12. The van der Waals surface area contributed by atoms with Gasteiger partial charge >= 0.3 is 0 Å². The largest absolute Gasteiger partial charge is 0.396 e. The lowest BCUT2D eigenvalue weighted by atomic mass is 10.0. The molecule has 0 radical (unpaired) electrons. The second kappa shape index (κ2) is 7.45. The summed E-state index contributed by atoms with van der Waals surface area (Å²) in [6.45, 7) is 4.96. The van der Waals surface area contributed by atoms with Crippen LogP contribution in [-0.2, 0) is 0 Å². The number of carbonyl (C=O) groups excluding carboxylic acids is 1. The molecule has 1 atom stereocenters. The van der Waals surface area contributed by atoms with Crippen LogP contribution in [-0.4, -0.2) is 24.2 Å². The van der Waals surface area contributed by atoms with Crippen LogP contribution < -0.4 is 5.32 Å². The van der Waals surface area contributed by atoms with Crippen LogP contribution in [0.4, 0.5) is 0 Å². The molecule has 1 unspecified atom stereocenters. The Hall–Kier alpha value is -0.870. The molecule has 0 spiro atoms. The molecule has 2 N–H and O–H groups in total. The minimum atomic E-state index is 0.00198. The van der Waals surface area contributed by atoms with E-state index in [4.69, 9.17) is 5.11 Å². The molecule has 0 aromatic carbocycles. The van der Waals surface area contributed by atoms with Crippen LogP contribution >= 0.6 is 11.3 Å². The fourth-order valence-electron chi connectivity index (χ4n) is 1.82. The second-order valence-electron chi connectivity index (χ2n) is 4.29. The Morgan fingerprint density at radius 3 is 2.76 bits per heavy atom. The summed E-state index contributed by atoms with van der Waals surface area (Å²) in [5, 5.41) is 11.9. The smallest absolute Gasteiger partial charge is 0.261 e. The van der Waals surface area contributed by atoms with E-state index in [2.05, 4.69) is 12.2 Å². The molecule has 3 nitrogen and oxygen atoms in total. The van der Waals surface area contributed by atoms with Crippen LogP contribution in [0.2, 0.25) is 0 Å². The highest BCUT2D eigenvalue weighted by Crippen LogP contribution is 2.15. The van der Waals surface area contributed by atoms with Gasteiger partial charge in [0, 0.05) is 18.0 Å². The number of nitrogens with one attached hydrogen (secondary N) is 1. The highest BCUT2D eigenvalue weighted by atomic mass is 32.1. The zero-order valence-corrected chi connectivity index (χ0v) is 11.3. The van der Waals surface area contributed by atoms with E-state index < -0.39 is 0 Å². The lowest BCUT2D eigenvalue weighted by molar-refractivity contribution is 0.0947. The van der Waals surface area contributed by atoms with E-state index in [0.29, 0.717) is 12.5 Å². The minimum Gasteiger partial charge on any atom is -0.396 e. The normalized spacial score (nSPS) is 12.4. The van der Waals surface area contributed by atoms with E-state index in [1.807, 2.05) is 19.1 Å². The van der Waals surface area contributed by atoms with Gasteiger partial charge in [-0.15, -0.1) is 11.3 Å². The molecule has 1 aromatic rings. The van der Waals surface area contributed by atoms with Crippen molar-refractivity contribution in [3.8, 4) is 0 Å². The first kappa shape index (κ1) is 14.2. The molecule has 0 fully saturated rings. The van der Waals surface area contributed by atoms with E-state index in [1.165, 1.54) is 11.3 Å². The van der Waals surface area contributed by atoms with Gasteiger partial charge in [-0.05, 0) is 37.8 Å². The molecule has 0 saturated heterocycles. The van der Waals surface area contributed by atoms with Crippen LogP contribution in [0.5, 0.6) is 0 Å². The molecule has 1 rings (SSSR count). The summed E-state index contributed by atoms with van der Waals surface area (Å²) in [5.74, 6) is 0.386. The third kappa shape index (κ3) is 4.88. The molecule has 0 bridgehead atoms. The standard InChI is InChI=1S/C13H21NO2S/c1-3-4-11(7-8-15)9-14-13(16)12-6-5-10(2)17-12/h5-6,11,15H,3-4,7-9H2,1-2H3,(H,14,16). The van der Waals surface area contributed by atoms with Gasteiger partial charge in [0.05, 0.1) is 4.88 Å². The van der Waals surface area contributed by atoms with Crippen molar-refractivity contribution >= 4 is 17.2 Å². The lowest BCUT2D eigenvalue weighted by Gasteiger charge is -2.15. The Labute approximate surface area is 107 Å². The van der Waals surface area contributed by atoms with E-state index in [-0.39, 0.29) is 12.5 Å².